The van der Waals surface area contributed by atoms with Gasteiger partial charge in [0.05, 0.1) is 0 Å². The maximum atomic E-state index is 11.7. The molecule has 0 heterocycles. The maximum Gasteiger partial charge on any atom is 0.246 e. The third-order valence-corrected chi connectivity index (χ3v) is 2.27. The van der Waals surface area contributed by atoms with Crippen molar-refractivity contribution < 1.29 is 9.59 Å². The minimum absolute atomic E-state index is 0.124. The normalized spacial score (nSPS) is 10.6. The molecule has 4 heteroatoms. The van der Waals surface area contributed by atoms with Crippen molar-refractivity contribution in [3.05, 3.63) is 12.2 Å². The van der Waals surface area contributed by atoms with Crippen molar-refractivity contribution in [3.63, 3.8) is 0 Å². The van der Waals surface area contributed by atoms with Gasteiger partial charge in [0.2, 0.25) is 11.8 Å². The number of carbonyl (C=O) groups excluding carboxylic acids is 2. The molecule has 0 aliphatic heterocycles. The summed E-state index contributed by atoms with van der Waals surface area (Å²) in [6.07, 6.45) is 6.45. The van der Waals surface area contributed by atoms with E-state index in [-0.39, 0.29) is 5.91 Å². The van der Waals surface area contributed by atoms with E-state index >= 15 is 0 Å². The van der Waals surface area contributed by atoms with Gasteiger partial charge in [-0.25, -0.2) is 0 Å². The van der Waals surface area contributed by atoms with Crippen LogP contribution in [0.15, 0.2) is 12.2 Å². The fraction of sp³-hybridized carbons (Fsp3) is 0.667. The minimum atomic E-state index is -0.584. The summed E-state index contributed by atoms with van der Waals surface area (Å²) >= 11 is 0. The monoisotopic (exact) mass is 226 g/mol. The van der Waals surface area contributed by atoms with Crippen molar-refractivity contribution in [2.45, 2.75) is 39.5 Å². The molecule has 0 spiro atoms. The molecule has 0 saturated carbocycles. The minimum Gasteiger partial charge on any atom is -0.366 e. The third kappa shape index (κ3) is 7.04. The molecule has 0 saturated heterocycles. The van der Waals surface area contributed by atoms with E-state index in [0.29, 0.717) is 0 Å². The summed E-state index contributed by atoms with van der Waals surface area (Å²) in [5.74, 6) is -0.708. The fourth-order valence-corrected chi connectivity index (χ4v) is 1.29. The number of nitrogens with zero attached hydrogens (tertiary/aromatic N) is 1. The van der Waals surface area contributed by atoms with E-state index in [4.69, 9.17) is 5.73 Å². The van der Waals surface area contributed by atoms with Gasteiger partial charge in [0.15, 0.2) is 0 Å². The fourth-order valence-electron chi connectivity index (χ4n) is 1.29. The van der Waals surface area contributed by atoms with Gasteiger partial charge in [0.25, 0.3) is 0 Å². The molecule has 0 unspecified atom stereocenters. The van der Waals surface area contributed by atoms with Crippen LogP contribution in [0.3, 0.4) is 0 Å². The topological polar surface area (TPSA) is 63.4 Å². The molecule has 4 nitrogen and oxygen atoms in total. The van der Waals surface area contributed by atoms with Crippen LogP contribution >= 0.6 is 0 Å². The van der Waals surface area contributed by atoms with Crippen molar-refractivity contribution in [1.82, 2.24) is 4.90 Å². The zero-order valence-corrected chi connectivity index (χ0v) is 10.2. The molecular weight excluding hydrogens is 204 g/mol. The predicted molar refractivity (Wildman–Crippen MR) is 64.7 cm³/mol. The van der Waals surface area contributed by atoms with Gasteiger partial charge in [-0.05, 0) is 12.8 Å². The van der Waals surface area contributed by atoms with E-state index in [0.717, 1.165) is 44.8 Å². The highest BCUT2D eigenvalue weighted by Gasteiger charge is 2.09. The quantitative estimate of drug-likeness (QED) is 0.637. The van der Waals surface area contributed by atoms with Crippen LogP contribution in [0.25, 0.3) is 0 Å². The van der Waals surface area contributed by atoms with Crippen LogP contribution in [0.1, 0.15) is 39.5 Å². The zero-order valence-electron chi connectivity index (χ0n) is 10.2. The summed E-state index contributed by atoms with van der Waals surface area (Å²) in [6.45, 7) is 5.67. The van der Waals surface area contributed by atoms with E-state index in [2.05, 4.69) is 13.8 Å². The molecule has 2 N–H and O–H groups in total. The maximum absolute atomic E-state index is 11.7. The van der Waals surface area contributed by atoms with Crippen molar-refractivity contribution in [2.24, 2.45) is 5.73 Å². The van der Waals surface area contributed by atoms with Crippen LogP contribution in [0.5, 0.6) is 0 Å². The van der Waals surface area contributed by atoms with E-state index in [1.807, 2.05) is 0 Å². The van der Waals surface area contributed by atoms with Crippen molar-refractivity contribution in [3.8, 4) is 0 Å². The first-order chi connectivity index (χ1) is 7.61. The van der Waals surface area contributed by atoms with E-state index in [1.165, 1.54) is 6.08 Å². The molecule has 0 aromatic heterocycles. The average molecular weight is 226 g/mol. The van der Waals surface area contributed by atoms with Gasteiger partial charge in [-0.1, -0.05) is 26.7 Å². The first-order valence-electron chi connectivity index (χ1n) is 5.88. The first-order valence-corrected chi connectivity index (χ1v) is 5.88. The lowest BCUT2D eigenvalue weighted by atomic mass is 10.2. The molecule has 92 valence electrons. The summed E-state index contributed by atoms with van der Waals surface area (Å²) in [5, 5.41) is 0. The molecule has 16 heavy (non-hydrogen) atoms. The number of amides is 2. The second-order valence-electron chi connectivity index (χ2n) is 3.77. The van der Waals surface area contributed by atoms with Crippen LogP contribution in [-0.2, 0) is 9.59 Å². The average Bonchev–Trinajstić information content (AvgIpc) is 2.26. The molecule has 0 atom stereocenters. The number of nitrogens with two attached hydrogens (primary N) is 1. The molecule has 2 amide bonds. The lowest BCUT2D eigenvalue weighted by Gasteiger charge is -2.20. The Hall–Kier alpha value is -1.32. The lowest BCUT2D eigenvalue weighted by molar-refractivity contribution is -0.126. The second-order valence-corrected chi connectivity index (χ2v) is 3.77. The molecular formula is C12H22N2O2. The Labute approximate surface area is 97.5 Å². The van der Waals surface area contributed by atoms with Crippen molar-refractivity contribution >= 4 is 11.8 Å². The smallest absolute Gasteiger partial charge is 0.246 e. The molecule has 0 bridgehead atoms. The summed E-state index contributed by atoms with van der Waals surface area (Å²) in [5.41, 5.74) is 4.94. The van der Waals surface area contributed by atoms with Gasteiger partial charge in [0.1, 0.15) is 0 Å². The van der Waals surface area contributed by atoms with Gasteiger partial charge in [-0.2, -0.15) is 0 Å². The Morgan fingerprint density at radius 1 is 1.06 bits per heavy atom. The third-order valence-electron chi connectivity index (χ3n) is 2.27. The largest absolute Gasteiger partial charge is 0.366 e. The second kappa shape index (κ2) is 8.95. The van der Waals surface area contributed by atoms with Gasteiger partial charge < -0.3 is 10.6 Å². The molecule has 0 rings (SSSR count). The Morgan fingerprint density at radius 3 is 1.94 bits per heavy atom. The van der Waals surface area contributed by atoms with Gasteiger partial charge in [-0.15, -0.1) is 0 Å². The molecule has 0 aromatic carbocycles. The Kier molecular flexibility index (Phi) is 8.21. The highest BCUT2D eigenvalue weighted by Crippen LogP contribution is 2.00. The number of carbonyl (C=O) groups is 2. The Balaban J connectivity index is 4.24. The highest BCUT2D eigenvalue weighted by atomic mass is 16.2. The standard InChI is InChI=1S/C12H22N2O2/c1-3-5-9-14(10-6-4-2)12(16)8-7-11(13)15/h7-8H,3-6,9-10H2,1-2H3,(H2,13,15)/b8-7+. The molecule has 0 aromatic rings. The van der Waals surface area contributed by atoms with Crippen LogP contribution in [0, 0.1) is 0 Å². The number of unbranched alkanes of at least 4 members (excludes halogenated alkanes) is 2. The van der Waals surface area contributed by atoms with E-state index < -0.39 is 5.91 Å². The molecule has 0 aliphatic carbocycles. The van der Waals surface area contributed by atoms with E-state index in [1.54, 1.807) is 4.90 Å². The highest BCUT2D eigenvalue weighted by molar-refractivity contribution is 5.95. The van der Waals surface area contributed by atoms with Gasteiger partial charge >= 0.3 is 0 Å². The summed E-state index contributed by atoms with van der Waals surface area (Å²) < 4.78 is 0. The van der Waals surface area contributed by atoms with Crippen LogP contribution in [-0.4, -0.2) is 29.8 Å². The Bertz CT molecular complexity index is 241. The van der Waals surface area contributed by atoms with Crippen LogP contribution in [0.2, 0.25) is 0 Å². The number of rotatable bonds is 8. The number of hydrogen-bond acceptors (Lipinski definition) is 2. The number of hydrogen-bond donors (Lipinski definition) is 1. The summed E-state index contributed by atoms with van der Waals surface area (Å²) in [4.78, 5) is 24.0. The Morgan fingerprint density at radius 2 is 1.56 bits per heavy atom. The van der Waals surface area contributed by atoms with Crippen molar-refractivity contribution in [2.75, 3.05) is 13.1 Å². The van der Waals surface area contributed by atoms with Gasteiger partial charge in [-0.3, -0.25) is 9.59 Å². The first kappa shape index (κ1) is 14.7. The summed E-state index contributed by atoms with van der Waals surface area (Å²) in [7, 11) is 0. The predicted octanol–water partition coefficient (Wildman–Crippen LogP) is 1.46. The molecule has 0 radical (unpaired) electrons. The summed E-state index contributed by atoms with van der Waals surface area (Å²) in [6, 6.07) is 0. The van der Waals surface area contributed by atoms with Crippen LogP contribution < -0.4 is 5.73 Å². The lowest BCUT2D eigenvalue weighted by Crippen LogP contribution is -2.31. The van der Waals surface area contributed by atoms with Crippen LogP contribution in [0.4, 0.5) is 0 Å². The van der Waals surface area contributed by atoms with E-state index in [9.17, 15) is 9.59 Å². The molecule has 0 fully saturated rings. The SMILES string of the molecule is CCCCN(CCCC)C(=O)/C=C/C(N)=O. The zero-order chi connectivity index (χ0) is 12.4. The number of primary amides is 1. The molecule has 0 aliphatic rings. The van der Waals surface area contributed by atoms with Gasteiger partial charge in [0, 0.05) is 25.2 Å². The van der Waals surface area contributed by atoms with Crippen molar-refractivity contribution in [1.29, 1.82) is 0 Å².